The van der Waals surface area contributed by atoms with Crippen LogP contribution < -0.4 is 10.2 Å². The fourth-order valence-corrected chi connectivity index (χ4v) is 5.60. The number of anilines is 1. The van der Waals surface area contributed by atoms with Crippen LogP contribution in [0.4, 0.5) is 10.5 Å². The van der Waals surface area contributed by atoms with Crippen molar-refractivity contribution in [2.24, 2.45) is 5.92 Å². The Labute approximate surface area is 244 Å². The summed E-state index contributed by atoms with van der Waals surface area (Å²) in [4.78, 5) is 43.4. The molecule has 3 aromatic rings. The van der Waals surface area contributed by atoms with Crippen molar-refractivity contribution in [1.29, 1.82) is 0 Å². The highest BCUT2D eigenvalue weighted by Crippen LogP contribution is 2.32. The lowest BCUT2D eigenvalue weighted by Gasteiger charge is -2.33. The molecule has 3 heterocycles. The standard InChI is InChI=1S/C31H34ClN5O4/c1-31(2,3)41-30(40)35-13-11-20-9-10-23(15-21(20)18-35)36-14-12-25-26(28(38)33-17-19-7-8-19)34-37(27(25)29(36)39)24-6-4-5-22(32)16-24/h4-6,9-10,15-16,19H,7-8,11-14,17-18H2,1-3H3,(H,33,38). The lowest BCUT2D eigenvalue weighted by atomic mass is 9.97. The maximum Gasteiger partial charge on any atom is 0.410 e. The van der Waals surface area contributed by atoms with E-state index in [1.807, 2.05) is 45.0 Å². The summed E-state index contributed by atoms with van der Waals surface area (Å²) >= 11 is 6.28. The Morgan fingerprint density at radius 3 is 2.59 bits per heavy atom. The highest BCUT2D eigenvalue weighted by Gasteiger charge is 2.36. The first-order valence-corrected chi connectivity index (χ1v) is 14.5. The van der Waals surface area contributed by atoms with E-state index in [2.05, 4.69) is 10.4 Å². The summed E-state index contributed by atoms with van der Waals surface area (Å²) in [7, 11) is 0. The zero-order valence-electron chi connectivity index (χ0n) is 23.6. The molecule has 0 radical (unpaired) electrons. The fraction of sp³-hybridized carbons (Fsp3) is 0.419. The van der Waals surface area contributed by atoms with Gasteiger partial charge in [0.15, 0.2) is 5.69 Å². The van der Waals surface area contributed by atoms with E-state index in [9.17, 15) is 14.4 Å². The van der Waals surface area contributed by atoms with Crippen molar-refractivity contribution >= 4 is 35.2 Å². The Balaban J connectivity index is 1.31. The smallest absolute Gasteiger partial charge is 0.410 e. The number of hydrogen-bond acceptors (Lipinski definition) is 5. The van der Waals surface area contributed by atoms with Crippen LogP contribution in [0.3, 0.4) is 0 Å². The van der Waals surface area contributed by atoms with Gasteiger partial charge in [0.1, 0.15) is 11.3 Å². The number of carbonyl (C=O) groups excluding carboxylic acids is 3. The minimum atomic E-state index is -0.573. The van der Waals surface area contributed by atoms with Gasteiger partial charge in [0.25, 0.3) is 11.8 Å². The fourth-order valence-electron chi connectivity index (χ4n) is 5.42. The van der Waals surface area contributed by atoms with Crippen molar-refractivity contribution in [3.8, 4) is 5.69 Å². The first-order chi connectivity index (χ1) is 19.6. The summed E-state index contributed by atoms with van der Waals surface area (Å²) < 4.78 is 7.13. The topological polar surface area (TPSA) is 96.8 Å². The maximum atomic E-state index is 14.1. The molecule has 1 N–H and O–H groups in total. The molecular weight excluding hydrogens is 542 g/mol. The average Bonchev–Trinajstić information content (AvgIpc) is 3.68. The molecule has 10 heteroatoms. The van der Waals surface area contributed by atoms with Crippen molar-refractivity contribution in [3.63, 3.8) is 0 Å². The minimum absolute atomic E-state index is 0.236. The zero-order valence-corrected chi connectivity index (χ0v) is 24.3. The second-order valence-electron chi connectivity index (χ2n) is 12.0. The third kappa shape index (κ3) is 5.68. The highest BCUT2D eigenvalue weighted by atomic mass is 35.5. The molecule has 3 amide bonds. The number of hydrogen-bond donors (Lipinski definition) is 1. The van der Waals surface area contributed by atoms with Gasteiger partial charge in [-0.05, 0) is 93.8 Å². The maximum absolute atomic E-state index is 14.1. The van der Waals surface area contributed by atoms with Crippen LogP contribution in [0.2, 0.25) is 5.02 Å². The zero-order chi connectivity index (χ0) is 28.9. The monoisotopic (exact) mass is 575 g/mol. The summed E-state index contributed by atoms with van der Waals surface area (Å²) in [5, 5.41) is 8.16. The summed E-state index contributed by atoms with van der Waals surface area (Å²) in [5.41, 5.74) is 4.21. The minimum Gasteiger partial charge on any atom is -0.444 e. The van der Waals surface area contributed by atoms with Crippen molar-refractivity contribution in [2.45, 2.75) is 58.6 Å². The van der Waals surface area contributed by atoms with E-state index in [1.54, 1.807) is 32.7 Å². The first-order valence-electron chi connectivity index (χ1n) is 14.1. The number of nitrogens with zero attached hydrogens (tertiary/aromatic N) is 4. The van der Waals surface area contributed by atoms with Crippen LogP contribution in [0, 0.1) is 5.92 Å². The van der Waals surface area contributed by atoms with E-state index in [-0.39, 0.29) is 23.6 Å². The number of fused-ring (bicyclic) bond motifs is 2. The summed E-state index contributed by atoms with van der Waals surface area (Å²) in [6, 6.07) is 13.1. The molecule has 41 heavy (non-hydrogen) atoms. The van der Waals surface area contributed by atoms with Gasteiger partial charge in [0.2, 0.25) is 0 Å². The van der Waals surface area contributed by atoms with Crippen LogP contribution in [0.5, 0.6) is 0 Å². The second-order valence-corrected chi connectivity index (χ2v) is 12.5. The largest absolute Gasteiger partial charge is 0.444 e. The van der Waals surface area contributed by atoms with Gasteiger partial charge in [-0.2, -0.15) is 5.10 Å². The molecule has 214 valence electrons. The average molecular weight is 576 g/mol. The molecule has 2 aromatic carbocycles. The van der Waals surface area contributed by atoms with Crippen molar-refractivity contribution in [3.05, 3.63) is 75.6 Å². The Morgan fingerprint density at radius 2 is 1.85 bits per heavy atom. The quantitative estimate of drug-likeness (QED) is 0.453. The molecule has 1 aromatic heterocycles. The number of rotatable bonds is 5. The number of halogens is 1. The molecule has 0 atom stereocenters. The van der Waals surface area contributed by atoms with Crippen LogP contribution >= 0.6 is 11.6 Å². The summed E-state index contributed by atoms with van der Waals surface area (Å²) in [5.74, 6) is 0.0306. The van der Waals surface area contributed by atoms with Crippen LogP contribution in [0.15, 0.2) is 42.5 Å². The molecule has 1 aliphatic carbocycles. The van der Waals surface area contributed by atoms with Gasteiger partial charge in [-0.1, -0.05) is 23.7 Å². The number of amides is 3. The number of benzene rings is 2. The summed E-state index contributed by atoms with van der Waals surface area (Å²) in [6.07, 6.45) is 3.10. The van der Waals surface area contributed by atoms with Crippen LogP contribution in [0.1, 0.15) is 71.3 Å². The van der Waals surface area contributed by atoms with E-state index in [0.29, 0.717) is 66.9 Å². The van der Waals surface area contributed by atoms with Crippen molar-refractivity contribution < 1.29 is 19.1 Å². The number of nitrogens with one attached hydrogen (secondary N) is 1. The Hall–Kier alpha value is -3.85. The van der Waals surface area contributed by atoms with Crippen LogP contribution in [-0.2, 0) is 24.1 Å². The Kier molecular flexibility index (Phi) is 7.01. The second kappa shape index (κ2) is 10.5. The normalized spacial score (nSPS) is 16.7. The van der Waals surface area contributed by atoms with E-state index >= 15 is 0 Å². The summed E-state index contributed by atoms with van der Waals surface area (Å²) in [6.45, 7) is 7.58. The third-order valence-electron chi connectivity index (χ3n) is 7.70. The number of ether oxygens (including phenoxy) is 1. The highest BCUT2D eigenvalue weighted by molar-refractivity contribution is 6.30. The third-order valence-corrected chi connectivity index (χ3v) is 7.93. The molecule has 9 nitrogen and oxygen atoms in total. The van der Waals surface area contributed by atoms with Crippen LogP contribution in [-0.4, -0.2) is 57.8 Å². The predicted octanol–water partition coefficient (Wildman–Crippen LogP) is 5.16. The molecule has 0 unspecified atom stereocenters. The van der Waals surface area contributed by atoms with Gasteiger partial charge < -0.3 is 19.9 Å². The Morgan fingerprint density at radius 1 is 1.05 bits per heavy atom. The Bertz CT molecular complexity index is 1540. The van der Waals surface area contributed by atoms with Crippen molar-refractivity contribution in [2.75, 3.05) is 24.5 Å². The molecule has 0 spiro atoms. The first kappa shape index (κ1) is 27.3. The molecule has 6 rings (SSSR count). The van der Waals surface area contributed by atoms with Gasteiger partial charge in [-0.3, -0.25) is 9.59 Å². The van der Waals surface area contributed by atoms with E-state index < -0.39 is 5.60 Å². The van der Waals surface area contributed by atoms with E-state index in [4.69, 9.17) is 16.3 Å². The lowest BCUT2D eigenvalue weighted by Crippen LogP contribution is -2.41. The van der Waals surface area contributed by atoms with Gasteiger partial charge in [0.05, 0.1) is 5.69 Å². The molecule has 2 aliphatic heterocycles. The lowest BCUT2D eigenvalue weighted by molar-refractivity contribution is 0.0223. The molecule has 3 aliphatic rings. The van der Waals surface area contributed by atoms with E-state index in [0.717, 1.165) is 29.7 Å². The number of aromatic nitrogens is 2. The van der Waals surface area contributed by atoms with Gasteiger partial charge in [0, 0.05) is 42.5 Å². The van der Waals surface area contributed by atoms with Gasteiger partial charge >= 0.3 is 6.09 Å². The SMILES string of the molecule is CC(C)(C)OC(=O)N1CCc2ccc(N3CCc4c(C(=O)NCC5CC5)nn(-c5cccc(Cl)c5)c4C3=O)cc2C1. The molecular formula is C31H34ClN5O4. The van der Waals surface area contributed by atoms with E-state index in [1.165, 1.54) is 0 Å². The van der Waals surface area contributed by atoms with Crippen LogP contribution in [0.25, 0.3) is 5.69 Å². The molecule has 0 saturated heterocycles. The van der Waals surface area contributed by atoms with Crippen molar-refractivity contribution in [1.82, 2.24) is 20.0 Å². The number of carbonyl (C=O) groups is 3. The molecule has 1 saturated carbocycles. The molecule has 0 bridgehead atoms. The van der Waals surface area contributed by atoms with Gasteiger partial charge in [-0.25, -0.2) is 9.48 Å². The molecule has 1 fully saturated rings. The predicted molar refractivity (Wildman–Crippen MR) is 156 cm³/mol. The van der Waals surface area contributed by atoms with Gasteiger partial charge in [-0.15, -0.1) is 0 Å².